The Kier molecular flexibility index (Phi) is 5.00. The molecule has 0 spiro atoms. The first kappa shape index (κ1) is 15.1. The van der Waals surface area contributed by atoms with Gasteiger partial charge in [0.15, 0.2) is 18.1 Å². The van der Waals surface area contributed by atoms with Crippen LogP contribution in [0.4, 0.5) is 10.1 Å². The first-order valence-electron chi connectivity index (χ1n) is 6.11. The molecule has 2 aromatic carbocycles. The molecule has 0 saturated carbocycles. The van der Waals surface area contributed by atoms with E-state index in [1.165, 1.54) is 19.2 Å². The molecule has 110 valence electrons. The van der Waals surface area contributed by atoms with Crippen molar-refractivity contribution in [3.05, 3.63) is 53.3 Å². The first-order valence-corrected chi connectivity index (χ1v) is 6.48. The molecule has 0 aromatic heterocycles. The van der Waals surface area contributed by atoms with E-state index in [9.17, 15) is 9.18 Å². The highest BCUT2D eigenvalue weighted by Gasteiger charge is 2.10. The van der Waals surface area contributed by atoms with E-state index in [-0.39, 0.29) is 17.3 Å². The molecule has 0 unspecified atom stereocenters. The average Bonchev–Trinajstić information content (AvgIpc) is 2.48. The van der Waals surface area contributed by atoms with E-state index >= 15 is 0 Å². The van der Waals surface area contributed by atoms with Gasteiger partial charge in [0, 0.05) is 5.02 Å². The molecule has 21 heavy (non-hydrogen) atoms. The molecule has 6 heteroatoms. The van der Waals surface area contributed by atoms with Crippen LogP contribution in [0.3, 0.4) is 0 Å². The van der Waals surface area contributed by atoms with Crippen LogP contribution in [0.5, 0.6) is 11.5 Å². The van der Waals surface area contributed by atoms with E-state index in [0.29, 0.717) is 11.5 Å². The first-order chi connectivity index (χ1) is 10.1. The molecule has 1 N–H and O–H groups in total. The highest BCUT2D eigenvalue weighted by Crippen LogP contribution is 2.25. The molecule has 0 bridgehead atoms. The van der Waals surface area contributed by atoms with Crippen molar-refractivity contribution in [3.8, 4) is 11.5 Å². The summed E-state index contributed by atoms with van der Waals surface area (Å²) >= 11 is 5.64. The summed E-state index contributed by atoms with van der Waals surface area (Å²) in [7, 11) is 1.51. The molecule has 0 aliphatic rings. The molecule has 2 rings (SSSR count). The van der Waals surface area contributed by atoms with Crippen molar-refractivity contribution in [2.75, 3.05) is 19.0 Å². The second kappa shape index (κ2) is 6.95. The predicted octanol–water partition coefficient (Wildman–Crippen LogP) is 3.51. The molecular formula is C15H13ClFNO3. The Labute approximate surface area is 126 Å². The third-order valence-electron chi connectivity index (χ3n) is 2.63. The number of amides is 1. The SMILES string of the molecule is COc1ccccc1OCC(=O)Nc1ccc(Cl)cc1F. The summed E-state index contributed by atoms with van der Waals surface area (Å²) in [5.41, 5.74) is 0.0491. The zero-order chi connectivity index (χ0) is 15.2. The third-order valence-corrected chi connectivity index (χ3v) is 2.87. The summed E-state index contributed by atoms with van der Waals surface area (Å²) in [4.78, 5) is 11.7. The lowest BCUT2D eigenvalue weighted by molar-refractivity contribution is -0.118. The average molecular weight is 310 g/mol. The fourth-order valence-electron chi connectivity index (χ4n) is 1.66. The normalized spacial score (nSPS) is 10.0. The van der Waals surface area contributed by atoms with Crippen LogP contribution in [0.2, 0.25) is 5.02 Å². The number of nitrogens with one attached hydrogen (secondary N) is 1. The van der Waals surface area contributed by atoms with Gasteiger partial charge < -0.3 is 14.8 Å². The molecular weight excluding hydrogens is 297 g/mol. The molecule has 0 atom stereocenters. The van der Waals surface area contributed by atoms with E-state index in [4.69, 9.17) is 21.1 Å². The van der Waals surface area contributed by atoms with Crippen molar-refractivity contribution in [3.63, 3.8) is 0 Å². The minimum atomic E-state index is -0.604. The van der Waals surface area contributed by atoms with E-state index < -0.39 is 11.7 Å². The molecule has 0 fully saturated rings. The second-order valence-corrected chi connectivity index (χ2v) is 4.55. The van der Waals surface area contributed by atoms with Gasteiger partial charge in [0.2, 0.25) is 0 Å². The number of hydrogen-bond acceptors (Lipinski definition) is 3. The molecule has 0 saturated heterocycles. The Bertz CT molecular complexity index is 649. The number of para-hydroxylation sites is 2. The molecule has 0 aliphatic carbocycles. The Hall–Kier alpha value is -2.27. The predicted molar refractivity (Wildman–Crippen MR) is 78.5 cm³/mol. The van der Waals surface area contributed by atoms with Crippen LogP contribution in [0.25, 0.3) is 0 Å². The summed E-state index contributed by atoms with van der Waals surface area (Å²) < 4.78 is 24.0. The fraction of sp³-hybridized carbons (Fsp3) is 0.133. The van der Waals surface area contributed by atoms with Crippen LogP contribution in [-0.4, -0.2) is 19.6 Å². The van der Waals surface area contributed by atoms with Crippen LogP contribution in [0.15, 0.2) is 42.5 Å². The highest BCUT2D eigenvalue weighted by atomic mass is 35.5. The smallest absolute Gasteiger partial charge is 0.262 e. The Morgan fingerprint density at radius 1 is 1.24 bits per heavy atom. The second-order valence-electron chi connectivity index (χ2n) is 4.11. The van der Waals surface area contributed by atoms with Crippen molar-refractivity contribution in [1.29, 1.82) is 0 Å². The molecule has 4 nitrogen and oxygen atoms in total. The molecule has 0 aliphatic heterocycles. The van der Waals surface area contributed by atoms with Crippen molar-refractivity contribution in [2.24, 2.45) is 0 Å². The number of halogens is 2. The zero-order valence-electron chi connectivity index (χ0n) is 11.2. The highest BCUT2D eigenvalue weighted by molar-refractivity contribution is 6.30. The van der Waals surface area contributed by atoms with E-state index in [2.05, 4.69) is 5.32 Å². The van der Waals surface area contributed by atoms with Crippen molar-refractivity contribution in [1.82, 2.24) is 0 Å². The van der Waals surface area contributed by atoms with Crippen LogP contribution >= 0.6 is 11.6 Å². The molecule has 1 amide bonds. The minimum Gasteiger partial charge on any atom is -0.493 e. The maximum atomic E-state index is 13.5. The van der Waals surface area contributed by atoms with Gasteiger partial charge in [-0.2, -0.15) is 0 Å². The van der Waals surface area contributed by atoms with Gasteiger partial charge in [0.1, 0.15) is 5.82 Å². The number of methoxy groups -OCH3 is 1. The number of carbonyl (C=O) groups is 1. The molecule has 2 aromatic rings. The van der Waals surface area contributed by atoms with Crippen LogP contribution in [0.1, 0.15) is 0 Å². The number of benzene rings is 2. The van der Waals surface area contributed by atoms with Crippen molar-refractivity contribution < 1.29 is 18.7 Å². The summed E-state index contributed by atoms with van der Waals surface area (Å²) in [5.74, 6) is -0.134. The van der Waals surface area contributed by atoms with Crippen molar-refractivity contribution >= 4 is 23.2 Å². The van der Waals surface area contributed by atoms with Crippen LogP contribution < -0.4 is 14.8 Å². The standard InChI is InChI=1S/C15H13ClFNO3/c1-20-13-4-2-3-5-14(13)21-9-15(19)18-12-7-6-10(16)8-11(12)17/h2-8H,9H2,1H3,(H,18,19). The van der Waals surface area contributed by atoms with Gasteiger partial charge in [-0.05, 0) is 30.3 Å². The maximum absolute atomic E-state index is 13.5. The topological polar surface area (TPSA) is 47.6 Å². The third kappa shape index (κ3) is 4.10. The minimum absolute atomic E-state index is 0.0491. The van der Waals surface area contributed by atoms with E-state index in [1.54, 1.807) is 24.3 Å². The Balaban J connectivity index is 1.96. The molecule has 0 radical (unpaired) electrons. The Morgan fingerprint density at radius 3 is 2.62 bits per heavy atom. The largest absolute Gasteiger partial charge is 0.493 e. The van der Waals surface area contributed by atoms with E-state index in [0.717, 1.165) is 6.07 Å². The van der Waals surface area contributed by atoms with Gasteiger partial charge in [-0.1, -0.05) is 23.7 Å². The number of ether oxygens (including phenoxy) is 2. The molecule has 0 heterocycles. The van der Waals surface area contributed by atoms with E-state index in [1.807, 2.05) is 0 Å². The number of rotatable bonds is 5. The van der Waals surface area contributed by atoms with Gasteiger partial charge >= 0.3 is 0 Å². The Morgan fingerprint density at radius 2 is 1.95 bits per heavy atom. The summed E-state index contributed by atoms with van der Waals surface area (Å²) in [5, 5.41) is 2.67. The van der Waals surface area contributed by atoms with Gasteiger partial charge in [-0.3, -0.25) is 4.79 Å². The van der Waals surface area contributed by atoms with Crippen LogP contribution in [0, 0.1) is 5.82 Å². The number of anilines is 1. The lowest BCUT2D eigenvalue weighted by Gasteiger charge is -2.11. The van der Waals surface area contributed by atoms with Gasteiger partial charge in [0.05, 0.1) is 12.8 Å². The lowest BCUT2D eigenvalue weighted by Crippen LogP contribution is -2.20. The quantitative estimate of drug-likeness (QED) is 0.919. The van der Waals surface area contributed by atoms with Crippen molar-refractivity contribution in [2.45, 2.75) is 0 Å². The number of hydrogen-bond donors (Lipinski definition) is 1. The summed E-state index contributed by atoms with van der Waals surface area (Å²) in [6.07, 6.45) is 0. The van der Waals surface area contributed by atoms with Crippen LogP contribution in [-0.2, 0) is 4.79 Å². The van der Waals surface area contributed by atoms with Gasteiger partial charge in [-0.15, -0.1) is 0 Å². The summed E-state index contributed by atoms with van der Waals surface area (Å²) in [6, 6.07) is 10.9. The number of carbonyl (C=O) groups excluding carboxylic acids is 1. The maximum Gasteiger partial charge on any atom is 0.262 e. The monoisotopic (exact) mass is 309 g/mol. The lowest BCUT2D eigenvalue weighted by atomic mass is 10.3. The van der Waals surface area contributed by atoms with Gasteiger partial charge in [-0.25, -0.2) is 4.39 Å². The summed E-state index contributed by atoms with van der Waals surface area (Å²) in [6.45, 7) is -0.261. The zero-order valence-corrected chi connectivity index (χ0v) is 12.0. The van der Waals surface area contributed by atoms with Gasteiger partial charge in [0.25, 0.3) is 5.91 Å². The fourth-order valence-corrected chi connectivity index (χ4v) is 1.82.